The van der Waals surface area contributed by atoms with Crippen LogP contribution >= 0.6 is 12.0 Å². The van der Waals surface area contributed by atoms with Gasteiger partial charge in [0, 0.05) is 41.4 Å². The van der Waals surface area contributed by atoms with Gasteiger partial charge in [-0.3, -0.25) is 4.79 Å². The fourth-order valence-electron chi connectivity index (χ4n) is 4.71. The first-order valence-corrected chi connectivity index (χ1v) is 12.9. The van der Waals surface area contributed by atoms with E-state index < -0.39 is 0 Å². The van der Waals surface area contributed by atoms with E-state index in [0.717, 1.165) is 59.2 Å². The van der Waals surface area contributed by atoms with Crippen LogP contribution in [0.4, 0.5) is 11.5 Å². The number of amides is 1. The van der Waals surface area contributed by atoms with Gasteiger partial charge in [0.15, 0.2) is 0 Å². The van der Waals surface area contributed by atoms with Crippen molar-refractivity contribution in [3.8, 4) is 17.2 Å². The van der Waals surface area contributed by atoms with Gasteiger partial charge in [0.05, 0.1) is 23.6 Å². The van der Waals surface area contributed by atoms with Gasteiger partial charge in [0.25, 0.3) is 0 Å². The van der Waals surface area contributed by atoms with Crippen molar-refractivity contribution in [2.75, 3.05) is 23.9 Å². The first-order chi connectivity index (χ1) is 17.0. The molecule has 3 N–H and O–H groups in total. The maximum absolute atomic E-state index is 12.4. The summed E-state index contributed by atoms with van der Waals surface area (Å²) in [6, 6.07) is 7.93. The van der Waals surface area contributed by atoms with E-state index in [1.165, 1.54) is 12.0 Å². The van der Waals surface area contributed by atoms with E-state index in [1.54, 1.807) is 6.20 Å². The topological polar surface area (TPSA) is 128 Å². The summed E-state index contributed by atoms with van der Waals surface area (Å²) in [7, 11) is 0. The van der Waals surface area contributed by atoms with Crippen molar-refractivity contribution >= 4 is 40.2 Å². The summed E-state index contributed by atoms with van der Waals surface area (Å²) in [6.45, 7) is 3.13. The smallest absolute Gasteiger partial charge is 0.230 e. The molecule has 0 bridgehead atoms. The van der Waals surface area contributed by atoms with Gasteiger partial charge in [-0.25, -0.2) is 9.67 Å². The molecule has 2 aromatic heterocycles. The second kappa shape index (κ2) is 9.85. The lowest BCUT2D eigenvalue weighted by atomic mass is 9.99. The van der Waals surface area contributed by atoms with Crippen molar-refractivity contribution in [2.24, 2.45) is 11.8 Å². The lowest BCUT2D eigenvalue weighted by molar-refractivity contribution is -0.117. The minimum atomic E-state index is -0.261. The van der Waals surface area contributed by atoms with Crippen LogP contribution in [0.1, 0.15) is 43.3 Å². The van der Waals surface area contributed by atoms with E-state index in [1.807, 2.05) is 36.1 Å². The van der Waals surface area contributed by atoms with E-state index in [9.17, 15) is 4.79 Å². The third-order valence-corrected chi connectivity index (χ3v) is 7.02. The number of hydrogen-bond acceptors (Lipinski definition) is 8. The Labute approximate surface area is 208 Å². The van der Waals surface area contributed by atoms with Crippen LogP contribution in [0.2, 0.25) is 0 Å². The minimum absolute atomic E-state index is 0.0889. The predicted molar refractivity (Wildman–Crippen MR) is 135 cm³/mol. The van der Waals surface area contributed by atoms with Crippen LogP contribution in [0.3, 0.4) is 0 Å². The fraction of sp³-hybridized carbons (Fsp3) is 0.440. The van der Waals surface area contributed by atoms with Crippen LogP contribution in [0.15, 0.2) is 24.4 Å². The van der Waals surface area contributed by atoms with Crippen molar-refractivity contribution in [3.05, 3.63) is 35.8 Å². The maximum atomic E-state index is 12.4. The summed E-state index contributed by atoms with van der Waals surface area (Å²) in [4.78, 5) is 16.8. The summed E-state index contributed by atoms with van der Waals surface area (Å²) in [5.41, 5.74) is 10.7. The Balaban J connectivity index is 1.52. The second-order valence-electron chi connectivity index (χ2n) is 9.02. The molecule has 35 heavy (non-hydrogen) atoms. The Morgan fingerprint density at radius 3 is 2.97 bits per heavy atom. The summed E-state index contributed by atoms with van der Waals surface area (Å²) >= 11 is 1.30. The number of aromatic nitrogens is 3. The molecule has 1 saturated heterocycles. The number of pyridine rings is 1. The summed E-state index contributed by atoms with van der Waals surface area (Å²) < 4.78 is 13.6. The van der Waals surface area contributed by atoms with Crippen molar-refractivity contribution < 1.29 is 13.7 Å². The normalized spacial score (nSPS) is 21.6. The molecule has 9 nitrogen and oxygen atoms in total. The van der Waals surface area contributed by atoms with Crippen molar-refractivity contribution in [3.63, 3.8) is 0 Å². The standard InChI is InChI=1S/C25H28N6O3S/c1-14-24(21(13-34-35-2)30-31(14)23-5-3-4-6-33-23)16-7-15-10-22(28-12-19(15)20(27)9-16)29-25(32)18-8-17(18)11-26/h7,9-10,12,17-18,23H,3-6,8,13,27H2,1-2H3,(H,28,29,32)/t17-,18+,23?/m1/s1. The minimum Gasteiger partial charge on any atom is -0.398 e. The molecule has 182 valence electrons. The number of nitrogen functional groups attached to an aromatic ring is 1. The molecule has 1 saturated carbocycles. The second-order valence-corrected chi connectivity index (χ2v) is 9.59. The number of carbonyl (C=O) groups excluding carboxylic acids is 1. The zero-order chi connectivity index (χ0) is 24.5. The highest BCUT2D eigenvalue weighted by molar-refractivity contribution is 7.93. The van der Waals surface area contributed by atoms with Crippen LogP contribution < -0.4 is 11.1 Å². The average molecular weight is 493 g/mol. The van der Waals surface area contributed by atoms with E-state index in [-0.39, 0.29) is 24.0 Å². The molecule has 3 heterocycles. The quantitative estimate of drug-likeness (QED) is 0.362. The third kappa shape index (κ3) is 4.72. The number of nitrogens with zero attached hydrogens (tertiary/aromatic N) is 4. The Bertz CT molecular complexity index is 1310. The molecule has 10 heteroatoms. The predicted octanol–water partition coefficient (Wildman–Crippen LogP) is 4.58. The number of rotatable bonds is 7. The average Bonchev–Trinajstić information content (AvgIpc) is 3.59. The molecule has 0 radical (unpaired) electrons. The van der Waals surface area contributed by atoms with Crippen LogP contribution in [0.25, 0.3) is 21.9 Å². The van der Waals surface area contributed by atoms with Crippen LogP contribution in [0.5, 0.6) is 0 Å². The third-order valence-electron chi connectivity index (χ3n) is 6.67. The Kier molecular flexibility index (Phi) is 6.65. The number of carbonyl (C=O) groups is 1. The number of anilines is 2. The SMILES string of the molecule is CSOCc1nn(C2CCCCO2)c(C)c1-c1cc(N)c2cnc(NC(=O)[C@H]3C[C@@H]3C#N)cc2c1. The van der Waals surface area contributed by atoms with Crippen molar-refractivity contribution in [1.82, 2.24) is 14.8 Å². The van der Waals surface area contributed by atoms with E-state index in [0.29, 0.717) is 24.5 Å². The number of benzene rings is 1. The highest BCUT2D eigenvalue weighted by Crippen LogP contribution is 2.39. The zero-order valence-corrected chi connectivity index (χ0v) is 20.6. The molecule has 1 amide bonds. The zero-order valence-electron chi connectivity index (χ0n) is 19.8. The van der Waals surface area contributed by atoms with E-state index >= 15 is 0 Å². The number of nitrogens with one attached hydrogen (secondary N) is 1. The number of fused-ring (bicyclic) bond motifs is 1. The molecule has 1 aliphatic carbocycles. The summed E-state index contributed by atoms with van der Waals surface area (Å²) in [5.74, 6) is -0.194. The Morgan fingerprint density at radius 1 is 1.40 bits per heavy atom. The number of hydrogen-bond donors (Lipinski definition) is 2. The van der Waals surface area contributed by atoms with E-state index in [4.69, 9.17) is 25.0 Å². The van der Waals surface area contributed by atoms with Gasteiger partial charge in [0.2, 0.25) is 5.91 Å². The Hall–Kier alpha value is -3.13. The molecule has 1 aliphatic heterocycles. The molecule has 3 atom stereocenters. The van der Waals surface area contributed by atoms with Gasteiger partial charge < -0.3 is 20.0 Å². The van der Waals surface area contributed by atoms with Gasteiger partial charge in [-0.05, 0) is 73.8 Å². The van der Waals surface area contributed by atoms with Crippen LogP contribution in [-0.4, -0.2) is 33.5 Å². The number of nitriles is 1. The molecule has 2 aliphatic rings. The summed E-state index contributed by atoms with van der Waals surface area (Å²) in [5, 5.41) is 18.4. The lowest BCUT2D eigenvalue weighted by Gasteiger charge is -2.24. The first kappa shape index (κ1) is 23.6. The highest BCUT2D eigenvalue weighted by atomic mass is 32.2. The molecule has 2 fully saturated rings. The molecule has 5 rings (SSSR count). The molecular formula is C25H28N6O3S. The molecular weight excluding hydrogens is 464 g/mol. The lowest BCUT2D eigenvalue weighted by Crippen LogP contribution is -2.20. The van der Waals surface area contributed by atoms with Crippen LogP contribution in [-0.2, 0) is 20.3 Å². The van der Waals surface area contributed by atoms with Gasteiger partial charge in [-0.15, -0.1) is 0 Å². The monoisotopic (exact) mass is 492 g/mol. The number of nitrogens with two attached hydrogens (primary N) is 1. The Morgan fingerprint density at radius 2 is 2.26 bits per heavy atom. The molecule has 3 aromatic rings. The summed E-state index contributed by atoms with van der Waals surface area (Å²) in [6.07, 6.45) is 7.16. The first-order valence-electron chi connectivity index (χ1n) is 11.8. The van der Waals surface area contributed by atoms with E-state index in [2.05, 4.69) is 16.4 Å². The highest BCUT2D eigenvalue weighted by Gasteiger charge is 2.43. The van der Waals surface area contributed by atoms with Gasteiger partial charge in [-0.2, -0.15) is 10.4 Å². The maximum Gasteiger partial charge on any atom is 0.230 e. The van der Waals surface area contributed by atoms with Gasteiger partial charge in [0.1, 0.15) is 18.7 Å². The van der Waals surface area contributed by atoms with Crippen molar-refractivity contribution in [2.45, 2.75) is 45.4 Å². The molecule has 1 aromatic carbocycles. The fourth-order valence-corrected chi connectivity index (χ4v) is 4.94. The van der Waals surface area contributed by atoms with Crippen LogP contribution in [0, 0.1) is 30.1 Å². The van der Waals surface area contributed by atoms with Crippen molar-refractivity contribution in [1.29, 1.82) is 5.26 Å². The molecule has 1 unspecified atom stereocenters. The number of ether oxygens (including phenoxy) is 1. The van der Waals surface area contributed by atoms with Gasteiger partial charge in [-0.1, -0.05) is 0 Å². The molecule has 0 spiro atoms. The van der Waals surface area contributed by atoms with Gasteiger partial charge >= 0.3 is 0 Å². The largest absolute Gasteiger partial charge is 0.398 e.